The highest BCUT2D eigenvalue weighted by Crippen LogP contribution is 2.16. The van der Waals surface area contributed by atoms with E-state index in [9.17, 15) is 18.0 Å². The molecule has 3 N–H and O–H groups in total. The number of nitrogens with one attached hydrogen (secondary N) is 1. The predicted octanol–water partition coefficient (Wildman–Crippen LogP) is 2.09. The number of primary sulfonamides is 1. The van der Waals surface area contributed by atoms with Crippen LogP contribution in [0.25, 0.3) is 0 Å². The lowest BCUT2D eigenvalue weighted by Gasteiger charge is -2.09. The Morgan fingerprint density at radius 2 is 1.80 bits per heavy atom. The topological polar surface area (TPSA) is 116 Å². The Balaban J connectivity index is 2.02. The average molecular weight is 383 g/mol. The SMILES string of the molecule is Cc1ccc(S(N)(=O)=O)cc1C(=O)OCC(=O)Nc1ccc(Cl)cc1. The monoisotopic (exact) mass is 382 g/mol. The molecular formula is C16H15ClN2O5S. The molecule has 0 spiro atoms. The summed E-state index contributed by atoms with van der Waals surface area (Å²) in [5.74, 6) is -1.37. The van der Waals surface area contributed by atoms with E-state index in [0.29, 0.717) is 16.3 Å². The van der Waals surface area contributed by atoms with E-state index in [0.717, 1.165) is 6.07 Å². The third-order valence-corrected chi connectivity index (χ3v) is 4.38. The van der Waals surface area contributed by atoms with Gasteiger partial charge in [0.1, 0.15) is 0 Å². The second-order valence-corrected chi connectivity index (χ2v) is 7.15. The summed E-state index contributed by atoms with van der Waals surface area (Å²) >= 11 is 5.74. The minimum Gasteiger partial charge on any atom is -0.452 e. The van der Waals surface area contributed by atoms with Gasteiger partial charge in [-0.25, -0.2) is 18.4 Å². The number of hydrogen-bond donors (Lipinski definition) is 2. The Bertz CT molecular complexity index is 911. The molecule has 2 aromatic rings. The third-order valence-electron chi connectivity index (χ3n) is 3.22. The first-order valence-corrected chi connectivity index (χ1v) is 8.95. The molecular weight excluding hydrogens is 368 g/mol. The number of benzene rings is 2. The molecule has 1 amide bonds. The zero-order valence-corrected chi connectivity index (χ0v) is 14.7. The van der Waals surface area contributed by atoms with Gasteiger partial charge in [0.15, 0.2) is 6.61 Å². The number of carbonyl (C=O) groups is 2. The maximum absolute atomic E-state index is 12.1. The molecule has 9 heteroatoms. The van der Waals surface area contributed by atoms with Crippen LogP contribution >= 0.6 is 11.6 Å². The Kier molecular flexibility index (Phi) is 5.78. The molecule has 0 saturated carbocycles. The zero-order chi connectivity index (χ0) is 18.6. The molecule has 0 fully saturated rings. The zero-order valence-electron chi connectivity index (χ0n) is 13.2. The summed E-state index contributed by atoms with van der Waals surface area (Å²) in [4.78, 5) is 23.7. The van der Waals surface area contributed by atoms with Crippen LogP contribution in [-0.2, 0) is 19.6 Å². The number of carbonyl (C=O) groups excluding carboxylic acids is 2. The minimum atomic E-state index is -3.95. The summed E-state index contributed by atoms with van der Waals surface area (Å²) in [7, 11) is -3.95. The number of amides is 1. The van der Waals surface area contributed by atoms with Crippen molar-refractivity contribution in [2.24, 2.45) is 5.14 Å². The van der Waals surface area contributed by atoms with Gasteiger partial charge in [-0.2, -0.15) is 0 Å². The molecule has 2 rings (SSSR count). The fourth-order valence-electron chi connectivity index (χ4n) is 1.94. The van der Waals surface area contributed by atoms with Gasteiger partial charge < -0.3 is 10.1 Å². The molecule has 0 bridgehead atoms. The Morgan fingerprint density at radius 3 is 2.40 bits per heavy atom. The number of halogens is 1. The maximum atomic E-state index is 12.1. The summed E-state index contributed by atoms with van der Waals surface area (Å²) in [6.45, 7) is 1.08. The van der Waals surface area contributed by atoms with Crippen molar-refractivity contribution >= 4 is 39.2 Å². The van der Waals surface area contributed by atoms with Gasteiger partial charge in [0.25, 0.3) is 5.91 Å². The van der Waals surface area contributed by atoms with Crippen molar-refractivity contribution < 1.29 is 22.7 Å². The van der Waals surface area contributed by atoms with Crippen LogP contribution in [0.5, 0.6) is 0 Å². The van der Waals surface area contributed by atoms with Crippen LogP contribution in [-0.4, -0.2) is 26.9 Å². The van der Waals surface area contributed by atoms with E-state index in [4.69, 9.17) is 21.5 Å². The first-order chi connectivity index (χ1) is 11.7. The number of sulfonamides is 1. The smallest absolute Gasteiger partial charge is 0.338 e. The van der Waals surface area contributed by atoms with E-state index in [-0.39, 0.29) is 10.5 Å². The summed E-state index contributed by atoms with van der Waals surface area (Å²) < 4.78 is 27.7. The lowest BCUT2D eigenvalue weighted by molar-refractivity contribution is -0.119. The standard InChI is InChI=1S/C16H15ClN2O5S/c1-10-2-7-13(25(18,22)23)8-14(10)16(21)24-9-15(20)19-12-5-3-11(17)4-6-12/h2-8H,9H2,1H3,(H,19,20)(H2,18,22,23). The van der Waals surface area contributed by atoms with Gasteiger partial charge in [0.2, 0.25) is 10.0 Å². The summed E-state index contributed by atoms with van der Waals surface area (Å²) in [5.41, 5.74) is 1.01. The molecule has 0 heterocycles. The second-order valence-electron chi connectivity index (χ2n) is 5.15. The number of anilines is 1. The number of nitrogens with two attached hydrogens (primary N) is 1. The number of hydrogen-bond acceptors (Lipinski definition) is 5. The van der Waals surface area contributed by atoms with Gasteiger partial charge in [-0.15, -0.1) is 0 Å². The molecule has 0 aliphatic heterocycles. The fourth-order valence-corrected chi connectivity index (χ4v) is 2.60. The van der Waals surface area contributed by atoms with E-state index < -0.39 is 28.5 Å². The highest BCUT2D eigenvalue weighted by Gasteiger charge is 2.17. The van der Waals surface area contributed by atoms with E-state index in [1.165, 1.54) is 12.1 Å². The van der Waals surface area contributed by atoms with Crippen LogP contribution in [0.2, 0.25) is 5.02 Å². The molecule has 0 saturated heterocycles. The van der Waals surface area contributed by atoms with Crippen LogP contribution in [0, 0.1) is 6.92 Å². The van der Waals surface area contributed by atoms with Crippen molar-refractivity contribution in [2.45, 2.75) is 11.8 Å². The molecule has 25 heavy (non-hydrogen) atoms. The van der Waals surface area contributed by atoms with Crippen LogP contribution in [0.1, 0.15) is 15.9 Å². The van der Waals surface area contributed by atoms with Crippen LogP contribution in [0.15, 0.2) is 47.4 Å². The molecule has 0 radical (unpaired) electrons. The van der Waals surface area contributed by atoms with E-state index in [1.807, 2.05) is 0 Å². The van der Waals surface area contributed by atoms with Crippen LogP contribution in [0.4, 0.5) is 5.69 Å². The van der Waals surface area contributed by atoms with Crippen molar-refractivity contribution in [3.05, 3.63) is 58.6 Å². The van der Waals surface area contributed by atoms with Crippen LogP contribution < -0.4 is 10.5 Å². The van der Waals surface area contributed by atoms with Gasteiger partial charge in [-0.3, -0.25) is 4.79 Å². The molecule has 0 atom stereocenters. The minimum absolute atomic E-state index is 0.0193. The number of ether oxygens (including phenoxy) is 1. The lowest BCUT2D eigenvalue weighted by Crippen LogP contribution is -2.21. The summed E-state index contributed by atoms with van der Waals surface area (Å²) in [5, 5.41) is 8.10. The van der Waals surface area contributed by atoms with Gasteiger partial charge in [-0.05, 0) is 48.9 Å². The summed E-state index contributed by atoms with van der Waals surface area (Å²) in [6, 6.07) is 10.2. The van der Waals surface area contributed by atoms with Crippen LogP contribution in [0.3, 0.4) is 0 Å². The highest BCUT2D eigenvalue weighted by atomic mass is 35.5. The van der Waals surface area contributed by atoms with Crippen molar-refractivity contribution in [3.8, 4) is 0 Å². The largest absolute Gasteiger partial charge is 0.452 e. The molecule has 2 aromatic carbocycles. The second kappa shape index (κ2) is 7.64. The maximum Gasteiger partial charge on any atom is 0.338 e. The first kappa shape index (κ1) is 18.9. The van der Waals surface area contributed by atoms with E-state index >= 15 is 0 Å². The number of rotatable bonds is 5. The number of esters is 1. The molecule has 0 aromatic heterocycles. The lowest BCUT2D eigenvalue weighted by atomic mass is 10.1. The normalized spacial score (nSPS) is 11.0. The van der Waals surface area contributed by atoms with Gasteiger partial charge in [0, 0.05) is 10.7 Å². The highest BCUT2D eigenvalue weighted by molar-refractivity contribution is 7.89. The Hall–Kier alpha value is -2.42. The molecule has 0 aliphatic rings. The van der Waals surface area contributed by atoms with Crippen molar-refractivity contribution in [3.63, 3.8) is 0 Å². The predicted molar refractivity (Wildman–Crippen MR) is 92.9 cm³/mol. The van der Waals surface area contributed by atoms with Crippen molar-refractivity contribution in [2.75, 3.05) is 11.9 Å². The van der Waals surface area contributed by atoms with Gasteiger partial charge >= 0.3 is 5.97 Å². The Labute approximate surface area is 149 Å². The Morgan fingerprint density at radius 1 is 1.16 bits per heavy atom. The van der Waals surface area contributed by atoms with Gasteiger partial charge in [0.05, 0.1) is 10.5 Å². The van der Waals surface area contributed by atoms with Crippen molar-refractivity contribution in [1.82, 2.24) is 0 Å². The molecule has 132 valence electrons. The van der Waals surface area contributed by atoms with Gasteiger partial charge in [-0.1, -0.05) is 17.7 Å². The molecule has 0 unspecified atom stereocenters. The molecule has 0 aliphatic carbocycles. The first-order valence-electron chi connectivity index (χ1n) is 7.03. The van der Waals surface area contributed by atoms with E-state index in [1.54, 1.807) is 31.2 Å². The van der Waals surface area contributed by atoms with Crippen molar-refractivity contribution in [1.29, 1.82) is 0 Å². The molecule has 7 nitrogen and oxygen atoms in total. The number of aryl methyl sites for hydroxylation is 1. The fraction of sp³-hybridized carbons (Fsp3) is 0.125. The quantitative estimate of drug-likeness (QED) is 0.768. The third kappa shape index (κ3) is 5.28. The van der Waals surface area contributed by atoms with E-state index in [2.05, 4.69) is 5.32 Å². The average Bonchev–Trinajstić information content (AvgIpc) is 2.54. The summed E-state index contributed by atoms with van der Waals surface area (Å²) in [6.07, 6.45) is 0.